The highest BCUT2D eigenvalue weighted by Gasteiger charge is 2.06. The predicted molar refractivity (Wildman–Crippen MR) is 38.8 cm³/mol. The summed E-state index contributed by atoms with van der Waals surface area (Å²) in [5, 5.41) is 1.67. The van der Waals surface area contributed by atoms with Gasteiger partial charge < -0.3 is 0 Å². The molecule has 0 aromatic rings. The molecule has 1 N–H and O–H groups in total. The second-order valence-corrected chi connectivity index (χ2v) is 2.19. The summed E-state index contributed by atoms with van der Waals surface area (Å²) in [5.41, 5.74) is 0. The van der Waals surface area contributed by atoms with Crippen LogP contribution >= 0.6 is 11.6 Å². The fourth-order valence-corrected chi connectivity index (χ4v) is 0.356. The Kier molecular flexibility index (Phi) is 4.14. The molecule has 0 fully saturated rings. The lowest BCUT2D eigenvalue weighted by molar-refractivity contribution is -0.123. The van der Waals surface area contributed by atoms with Crippen molar-refractivity contribution in [1.82, 2.24) is 5.32 Å². The summed E-state index contributed by atoms with van der Waals surface area (Å²) in [4.78, 5) is 29.3. The van der Waals surface area contributed by atoms with Gasteiger partial charge in [-0.2, -0.15) is 0 Å². The molecule has 0 saturated heterocycles. The lowest BCUT2D eigenvalue weighted by atomic mass is 10.6. The van der Waals surface area contributed by atoms with Crippen LogP contribution in [0.5, 0.6) is 0 Å². The van der Waals surface area contributed by atoms with Crippen LogP contribution in [-0.4, -0.2) is 17.1 Å². The van der Waals surface area contributed by atoms with E-state index in [-0.39, 0.29) is 17.1 Å². The number of nitrogens with one attached hydrogen (secondary N) is 1. The summed E-state index contributed by atoms with van der Waals surface area (Å²) < 4.78 is 0. The molecule has 11 heavy (non-hydrogen) atoms. The van der Waals surface area contributed by atoms with E-state index in [2.05, 4.69) is 11.6 Å². The summed E-state index contributed by atoms with van der Waals surface area (Å²) in [6.07, 6.45) is 2.39. The Morgan fingerprint density at radius 2 is 1.64 bits per heavy atom. The zero-order valence-electron chi connectivity index (χ0n) is 5.76. The van der Waals surface area contributed by atoms with E-state index in [9.17, 15) is 14.4 Å². The number of carbonyl (C=O) groups is 3. The molecule has 5 heteroatoms. The molecule has 0 saturated carbocycles. The third-order valence-electron chi connectivity index (χ3n) is 0.632. The van der Waals surface area contributed by atoms with Gasteiger partial charge in [0.15, 0.2) is 0 Å². The fourth-order valence-electron chi connectivity index (χ4n) is 0.356. The van der Waals surface area contributed by atoms with Crippen molar-refractivity contribution < 1.29 is 14.4 Å². The van der Waals surface area contributed by atoms with Crippen molar-refractivity contribution in [2.24, 2.45) is 0 Å². The molecule has 2 amide bonds. The molecule has 0 aromatic heterocycles. The molecule has 0 aliphatic carbocycles. The van der Waals surface area contributed by atoms with Crippen LogP contribution in [0.25, 0.3) is 0 Å². The van der Waals surface area contributed by atoms with Crippen LogP contribution in [-0.2, 0) is 14.4 Å². The van der Waals surface area contributed by atoms with Crippen molar-refractivity contribution in [3.63, 3.8) is 0 Å². The lowest BCUT2D eigenvalue weighted by Gasteiger charge is -1.80. The Labute approximate surface area is 68.2 Å². The number of carbonyl (C=O) groups excluding carboxylic acids is 3. The molecule has 1 aliphatic heterocycles. The number of amides is 2. The average molecular weight is 176 g/mol. The number of rotatable bonds is 0. The van der Waals surface area contributed by atoms with Crippen LogP contribution < -0.4 is 5.32 Å². The van der Waals surface area contributed by atoms with Crippen molar-refractivity contribution in [2.75, 3.05) is 0 Å². The van der Waals surface area contributed by atoms with Crippen molar-refractivity contribution in [2.45, 2.75) is 6.92 Å². The first kappa shape index (κ1) is 9.84. The molecule has 0 spiro atoms. The van der Waals surface area contributed by atoms with Crippen molar-refractivity contribution in [3.8, 4) is 0 Å². The normalized spacial score (nSPS) is 13.6. The summed E-state index contributed by atoms with van der Waals surface area (Å²) >= 11 is 4.64. The van der Waals surface area contributed by atoms with Crippen molar-refractivity contribution in [1.29, 1.82) is 0 Å². The molecule has 0 aromatic carbocycles. The lowest BCUT2D eigenvalue weighted by Crippen LogP contribution is -2.19. The van der Waals surface area contributed by atoms with Gasteiger partial charge in [0, 0.05) is 19.1 Å². The van der Waals surface area contributed by atoms with Gasteiger partial charge in [0.1, 0.15) is 0 Å². The van der Waals surface area contributed by atoms with E-state index in [1.807, 2.05) is 5.32 Å². The molecule has 0 atom stereocenters. The maximum absolute atomic E-state index is 10.0. The van der Waals surface area contributed by atoms with Crippen LogP contribution in [0.2, 0.25) is 0 Å². The minimum Gasteiger partial charge on any atom is -0.289 e. The smallest absolute Gasteiger partial charge is 0.250 e. The summed E-state index contributed by atoms with van der Waals surface area (Å²) in [5.74, 6) is -0.657. The van der Waals surface area contributed by atoms with Gasteiger partial charge in [-0.3, -0.25) is 19.7 Å². The quantitative estimate of drug-likeness (QED) is 0.416. The Morgan fingerprint density at radius 1 is 1.36 bits per heavy atom. The maximum atomic E-state index is 10.0. The molecule has 1 rings (SSSR count). The molecule has 0 bridgehead atoms. The second kappa shape index (κ2) is 4.62. The standard InChI is InChI=1S/C4H3NO2.C2H3ClO/c6-3-1-2-4(7)5-3;1-2(3)4/h1-2H,(H,5,6,7);1H3. The molecule has 4 nitrogen and oxygen atoms in total. The minimum absolute atomic E-state index is 0.329. The zero-order valence-corrected chi connectivity index (χ0v) is 6.51. The third kappa shape index (κ3) is 6.73. The first-order chi connectivity index (χ1) is 5.02. The van der Waals surface area contributed by atoms with E-state index >= 15 is 0 Å². The van der Waals surface area contributed by atoms with E-state index in [1.165, 1.54) is 19.1 Å². The van der Waals surface area contributed by atoms with Gasteiger partial charge in [0.2, 0.25) is 5.24 Å². The van der Waals surface area contributed by atoms with Gasteiger partial charge >= 0.3 is 0 Å². The monoisotopic (exact) mass is 175 g/mol. The third-order valence-corrected chi connectivity index (χ3v) is 0.632. The molecular formula is C6H6ClNO3. The highest BCUT2D eigenvalue weighted by Crippen LogP contribution is 1.82. The maximum Gasteiger partial charge on any atom is 0.250 e. The van der Waals surface area contributed by atoms with Gasteiger partial charge in [0.25, 0.3) is 11.8 Å². The van der Waals surface area contributed by atoms with Crippen LogP contribution in [0.15, 0.2) is 12.2 Å². The highest BCUT2D eigenvalue weighted by molar-refractivity contribution is 6.62. The van der Waals surface area contributed by atoms with Crippen LogP contribution in [0.4, 0.5) is 0 Å². The van der Waals surface area contributed by atoms with Gasteiger partial charge in [-0.1, -0.05) is 0 Å². The Morgan fingerprint density at radius 3 is 1.73 bits per heavy atom. The fraction of sp³-hybridized carbons (Fsp3) is 0.167. The summed E-state index contributed by atoms with van der Waals surface area (Å²) in [7, 11) is 0. The second-order valence-electron chi connectivity index (χ2n) is 1.66. The largest absolute Gasteiger partial charge is 0.289 e. The number of hydrogen-bond acceptors (Lipinski definition) is 3. The number of imide groups is 1. The van der Waals surface area contributed by atoms with Crippen molar-refractivity contribution in [3.05, 3.63) is 12.2 Å². The van der Waals surface area contributed by atoms with E-state index in [0.717, 1.165) is 0 Å². The molecular weight excluding hydrogens is 170 g/mol. The first-order valence-corrected chi connectivity index (χ1v) is 3.09. The van der Waals surface area contributed by atoms with E-state index in [4.69, 9.17) is 0 Å². The Hall–Kier alpha value is -1.16. The van der Waals surface area contributed by atoms with E-state index in [0.29, 0.717) is 0 Å². The minimum atomic E-state index is -0.361. The van der Waals surface area contributed by atoms with E-state index < -0.39 is 0 Å². The Bertz CT molecular complexity index is 202. The first-order valence-electron chi connectivity index (χ1n) is 2.71. The van der Waals surface area contributed by atoms with Crippen LogP contribution in [0, 0.1) is 0 Å². The SMILES string of the molecule is CC(=O)Cl.O=C1C=CC(=O)N1. The van der Waals surface area contributed by atoms with Gasteiger partial charge in [-0.25, -0.2) is 0 Å². The number of halogens is 1. The van der Waals surface area contributed by atoms with Crippen molar-refractivity contribution >= 4 is 28.7 Å². The van der Waals surface area contributed by atoms with Crippen LogP contribution in [0.1, 0.15) is 6.92 Å². The molecule has 0 radical (unpaired) electrons. The highest BCUT2D eigenvalue weighted by atomic mass is 35.5. The molecule has 60 valence electrons. The topological polar surface area (TPSA) is 63.2 Å². The van der Waals surface area contributed by atoms with Gasteiger partial charge in [-0.05, 0) is 11.6 Å². The predicted octanol–water partition coefficient (Wildman–Crippen LogP) is -0.0293. The summed E-state index contributed by atoms with van der Waals surface area (Å²) in [6.45, 7) is 1.29. The van der Waals surface area contributed by atoms with Gasteiger partial charge in [-0.15, -0.1) is 0 Å². The Balaban J connectivity index is 0.000000218. The van der Waals surface area contributed by atoms with Gasteiger partial charge in [0.05, 0.1) is 0 Å². The molecule has 1 aliphatic rings. The summed E-state index contributed by atoms with van der Waals surface area (Å²) in [6, 6.07) is 0. The zero-order chi connectivity index (χ0) is 8.85. The van der Waals surface area contributed by atoms with E-state index in [1.54, 1.807) is 0 Å². The molecule has 0 unspecified atom stereocenters. The van der Waals surface area contributed by atoms with Crippen LogP contribution in [0.3, 0.4) is 0 Å². The average Bonchev–Trinajstić information content (AvgIpc) is 2.13. The molecule has 1 heterocycles. The number of hydrogen-bond donors (Lipinski definition) is 1.